The number of nitrogens with one attached hydrogen (secondary N) is 2. The Balaban J connectivity index is 2.17. The highest BCUT2D eigenvalue weighted by Crippen LogP contribution is 2.16. The number of amidine groups is 1. The molecule has 0 saturated heterocycles. The molecule has 0 aliphatic rings. The minimum absolute atomic E-state index is 0.0000192. The monoisotopic (exact) mass is 755 g/mol. The van der Waals surface area contributed by atoms with E-state index in [0.29, 0.717) is 17.9 Å². The van der Waals surface area contributed by atoms with Gasteiger partial charge in [0, 0.05) is 56.2 Å². The van der Waals surface area contributed by atoms with Crippen molar-refractivity contribution in [3.05, 3.63) is 65.7 Å². The second kappa shape index (κ2) is 24.6. The van der Waals surface area contributed by atoms with Gasteiger partial charge in [0.25, 0.3) is 0 Å². The van der Waals surface area contributed by atoms with E-state index >= 15 is 0 Å². The Morgan fingerprint density at radius 1 is 0.849 bits per heavy atom. The van der Waals surface area contributed by atoms with Crippen LogP contribution < -0.4 is 21.1 Å². The van der Waals surface area contributed by atoms with Gasteiger partial charge in [-0.25, -0.2) is 0 Å². The highest BCUT2D eigenvalue weighted by atomic mass is 32.2. The van der Waals surface area contributed by atoms with E-state index in [1.807, 2.05) is 30.3 Å². The summed E-state index contributed by atoms with van der Waals surface area (Å²) in [6.45, 7) is 5.42. The SMILES string of the molecule is CCCCCCCCOC(=O)CCN(C)C(=O)[C@H](Cc1ccccc1)NC(=O)[C@@H](CCS(C)=O)NC(=O)[C@H](Cc1ccc(OC(C)=O)cc1)N=C(C)N. The number of carbonyl (C=O) groups is 5. The van der Waals surface area contributed by atoms with Crippen molar-refractivity contribution in [2.45, 2.75) is 103 Å². The number of rotatable bonds is 24. The summed E-state index contributed by atoms with van der Waals surface area (Å²) in [5.41, 5.74) is 7.36. The van der Waals surface area contributed by atoms with Crippen LogP contribution >= 0.6 is 0 Å². The van der Waals surface area contributed by atoms with Gasteiger partial charge in [-0.2, -0.15) is 0 Å². The van der Waals surface area contributed by atoms with E-state index in [9.17, 15) is 28.2 Å². The van der Waals surface area contributed by atoms with Gasteiger partial charge in [0.15, 0.2) is 0 Å². The molecule has 0 radical (unpaired) electrons. The molecule has 292 valence electrons. The Hall–Kier alpha value is -4.59. The maximum atomic E-state index is 13.9. The Labute approximate surface area is 316 Å². The van der Waals surface area contributed by atoms with Crippen molar-refractivity contribution in [1.82, 2.24) is 15.5 Å². The molecule has 2 rings (SSSR count). The molecular formula is C39H57N5O8S. The molecule has 53 heavy (non-hydrogen) atoms. The van der Waals surface area contributed by atoms with E-state index in [1.165, 1.54) is 37.3 Å². The molecule has 0 bridgehead atoms. The Morgan fingerprint density at radius 2 is 1.47 bits per heavy atom. The number of esters is 2. The average Bonchev–Trinajstić information content (AvgIpc) is 3.11. The lowest BCUT2D eigenvalue weighted by Gasteiger charge is -2.27. The van der Waals surface area contributed by atoms with Crippen LogP contribution in [0.15, 0.2) is 59.6 Å². The summed E-state index contributed by atoms with van der Waals surface area (Å²) in [6.07, 6.45) is 8.23. The summed E-state index contributed by atoms with van der Waals surface area (Å²) in [5, 5.41) is 5.56. The summed E-state index contributed by atoms with van der Waals surface area (Å²) in [4.78, 5) is 70.7. The van der Waals surface area contributed by atoms with E-state index in [-0.39, 0.29) is 43.8 Å². The van der Waals surface area contributed by atoms with Gasteiger partial charge in [0.2, 0.25) is 17.7 Å². The number of ether oxygens (including phenoxy) is 2. The molecular weight excluding hydrogens is 699 g/mol. The molecule has 0 aliphatic heterocycles. The first-order valence-corrected chi connectivity index (χ1v) is 19.9. The molecule has 4 N–H and O–H groups in total. The molecule has 0 fully saturated rings. The number of aliphatic imine (C=N–C) groups is 1. The zero-order valence-electron chi connectivity index (χ0n) is 31.8. The third-order valence-electron chi connectivity index (χ3n) is 8.29. The number of hydrogen-bond donors (Lipinski definition) is 3. The van der Waals surface area contributed by atoms with Crippen molar-refractivity contribution in [3.63, 3.8) is 0 Å². The first-order valence-electron chi connectivity index (χ1n) is 18.2. The van der Waals surface area contributed by atoms with Crippen LogP contribution in [0.1, 0.15) is 83.3 Å². The quantitative estimate of drug-likeness (QED) is 0.0473. The van der Waals surface area contributed by atoms with Crippen molar-refractivity contribution in [2.24, 2.45) is 10.7 Å². The van der Waals surface area contributed by atoms with E-state index < -0.39 is 58.6 Å². The Bertz CT molecular complexity index is 1520. The Morgan fingerprint density at radius 3 is 2.09 bits per heavy atom. The third kappa shape index (κ3) is 18.6. The smallest absolute Gasteiger partial charge is 0.308 e. The summed E-state index contributed by atoms with van der Waals surface area (Å²) in [5.74, 6) is -1.91. The first kappa shape index (κ1) is 44.6. The maximum absolute atomic E-state index is 13.9. The molecule has 4 atom stereocenters. The van der Waals surface area contributed by atoms with Crippen LogP contribution in [-0.4, -0.2) is 94.9 Å². The van der Waals surface area contributed by atoms with Crippen LogP contribution in [0.2, 0.25) is 0 Å². The molecule has 2 aromatic rings. The van der Waals surface area contributed by atoms with E-state index in [2.05, 4.69) is 22.5 Å². The predicted molar refractivity (Wildman–Crippen MR) is 207 cm³/mol. The number of benzene rings is 2. The molecule has 2 aromatic carbocycles. The molecule has 0 aliphatic carbocycles. The van der Waals surface area contributed by atoms with Crippen molar-refractivity contribution in [1.29, 1.82) is 0 Å². The van der Waals surface area contributed by atoms with Crippen LogP contribution in [0.5, 0.6) is 5.75 Å². The summed E-state index contributed by atoms with van der Waals surface area (Å²) in [6, 6.07) is 12.5. The normalized spacial score (nSPS) is 13.6. The fourth-order valence-electron chi connectivity index (χ4n) is 5.44. The molecule has 13 nitrogen and oxygen atoms in total. The van der Waals surface area contributed by atoms with Gasteiger partial charge >= 0.3 is 11.9 Å². The average molecular weight is 756 g/mol. The fraction of sp³-hybridized carbons (Fsp3) is 0.538. The summed E-state index contributed by atoms with van der Waals surface area (Å²) in [7, 11) is 0.277. The van der Waals surface area contributed by atoms with Gasteiger partial charge in [-0.3, -0.25) is 33.2 Å². The molecule has 0 saturated carbocycles. The van der Waals surface area contributed by atoms with Crippen molar-refractivity contribution in [2.75, 3.05) is 32.2 Å². The molecule has 1 unspecified atom stereocenters. The van der Waals surface area contributed by atoms with Crippen LogP contribution in [0.4, 0.5) is 0 Å². The number of nitrogens with zero attached hydrogens (tertiary/aromatic N) is 2. The topological polar surface area (TPSA) is 187 Å². The second-order valence-corrected chi connectivity index (χ2v) is 14.7. The molecule has 3 amide bonds. The fourth-order valence-corrected chi connectivity index (χ4v) is 6.01. The lowest BCUT2D eigenvalue weighted by atomic mass is 10.0. The van der Waals surface area contributed by atoms with Crippen LogP contribution in [0.25, 0.3) is 0 Å². The van der Waals surface area contributed by atoms with Gasteiger partial charge in [-0.15, -0.1) is 0 Å². The third-order valence-corrected chi connectivity index (χ3v) is 9.10. The minimum atomic E-state index is -1.28. The minimum Gasteiger partial charge on any atom is -0.466 e. The predicted octanol–water partition coefficient (Wildman–Crippen LogP) is 3.63. The highest BCUT2D eigenvalue weighted by molar-refractivity contribution is 7.84. The molecule has 0 spiro atoms. The van der Waals surface area contributed by atoms with Gasteiger partial charge in [0.05, 0.1) is 18.9 Å². The zero-order valence-corrected chi connectivity index (χ0v) is 32.6. The van der Waals surface area contributed by atoms with Crippen LogP contribution in [0.3, 0.4) is 0 Å². The molecule has 14 heteroatoms. The van der Waals surface area contributed by atoms with Gasteiger partial charge < -0.3 is 30.7 Å². The molecule has 0 aromatic heterocycles. The van der Waals surface area contributed by atoms with E-state index in [4.69, 9.17) is 15.2 Å². The first-order chi connectivity index (χ1) is 25.3. The number of likely N-dealkylation sites (N-methyl/N-ethyl adjacent to an activating group) is 1. The zero-order chi connectivity index (χ0) is 39.2. The number of hydrogen-bond acceptors (Lipinski definition) is 9. The lowest BCUT2D eigenvalue weighted by molar-refractivity contribution is -0.145. The van der Waals surface area contributed by atoms with Gasteiger partial charge in [-0.1, -0.05) is 81.5 Å². The van der Waals surface area contributed by atoms with Crippen molar-refractivity contribution in [3.8, 4) is 5.75 Å². The van der Waals surface area contributed by atoms with E-state index in [0.717, 1.165) is 24.8 Å². The number of amides is 3. The summed E-state index contributed by atoms with van der Waals surface area (Å²) >= 11 is 0. The van der Waals surface area contributed by atoms with Gasteiger partial charge in [0.1, 0.15) is 23.9 Å². The maximum Gasteiger partial charge on any atom is 0.308 e. The number of carbonyl (C=O) groups excluding carboxylic acids is 5. The van der Waals surface area contributed by atoms with Crippen LogP contribution in [-0.2, 0) is 52.4 Å². The standard InChI is InChI=1S/C39H57N5O8S/c1-6-7-8-9-10-14-24-51-36(46)21-23-44(4)39(49)35(27-30-15-12-11-13-16-30)43-37(47)33(22-25-53(5)50)42-38(48)34(41-28(2)40)26-31-17-19-32(20-18-31)52-29(3)45/h11-13,15-20,33-35H,6-10,14,21-27H2,1-5H3,(H2,40,41)(H,42,48)(H,43,47)/t33-,34+,35+,53?/m1/s1. The molecule has 0 heterocycles. The Kier molecular flexibility index (Phi) is 20.7. The summed E-state index contributed by atoms with van der Waals surface area (Å²) < 4.78 is 22.5. The number of nitrogens with two attached hydrogens (primary N) is 1. The lowest BCUT2D eigenvalue weighted by Crippen LogP contribution is -2.56. The highest BCUT2D eigenvalue weighted by Gasteiger charge is 2.31. The van der Waals surface area contributed by atoms with Crippen molar-refractivity contribution >= 4 is 46.3 Å². The number of unbranched alkanes of at least 4 members (excludes halogenated alkanes) is 5. The van der Waals surface area contributed by atoms with Crippen molar-refractivity contribution < 1.29 is 37.7 Å². The largest absolute Gasteiger partial charge is 0.466 e. The van der Waals surface area contributed by atoms with E-state index in [1.54, 1.807) is 38.2 Å². The van der Waals surface area contributed by atoms with Crippen LogP contribution in [0, 0.1) is 0 Å². The van der Waals surface area contributed by atoms with Gasteiger partial charge in [-0.05, 0) is 43.0 Å². The second-order valence-electron chi connectivity index (χ2n) is 13.1.